The van der Waals surface area contributed by atoms with Crippen molar-refractivity contribution < 1.29 is 27.4 Å². The molecule has 14 heteroatoms. The number of rotatable bonds is 8. The average Bonchev–Trinajstić information content (AvgIpc) is 3.62. The summed E-state index contributed by atoms with van der Waals surface area (Å²) in [6.07, 6.45) is -3.28. The smallest absolute Gasteiger partial charge is 0.497 e. The van der Waals surface area contributed by atoms with Crippen molar-refractivity contribution in [3.8, 4) is 28.6 Å². The minimum absolute atomic E-state index is 0.0779. The second-order valence-corrected chi connectivity index (χ2v) is 11.2. The van der Waals surface area contributed by atoms with E-state index in [1.54, 1.807) is 12.0 Å². The molecule has 1 N–H and O–H groups in total. The van der Waals surface area contributed by atoms with E-state index >= 15 is 0 Å². The Kier molecular flexibility index (Phi) is 9.20. The number of methoxy groups -OCH3 is 1. The van der Waals surface area contributed by atoms with Crippen LogP contribution in [0.3, 0.4) is 0 Å². The fraction of sp³-hybridized carbons (Fsp3) is 0.233. The SMILES string of the molecule is COc1ccc(C(C)C)c(N2C(=O)CS/C2=N\C(=S)NCc2ccc(-c3ncn(-c4ccc(OC(F)(F)F)cc4)n3)cc2)c1. The number of nitrogens with zero attached hydrogens (tertiary/aromatic N) is 5. The maximum Gasteiger partial charge on any atom is 0.573 e. The largest absolute Gasteiger partial charge is 0.573 e. The molecule has 9 nitrogen and oxygen atoms in total. The van der Waals surface area contributed by atoms with E-state index in [2.05, 4.69) is 39.0 Å². The number of anilines is 1. The van der Waals surface area contributed by atoms with Gasteiger partial charge in [-0.1, -0.05) is 55.9 Å². The maximum atomic E-state index is 12.9. The van der Waals surface area contributed by atoms with Crippen LogP contribution in [0, 0.1) is 0 Å². The summed E-state index contributed by atoms with van der Waals surface area (Å²) in [5.74, 6) is 1.14. The number of amidine groups is 1. The lowest BCUT2D eigenvalue weighted by Crippen LogP contribution is -2.32. The Morgan fingerprint density at radius 1 is 1.09 bits per heavy atom. The molecule has 1 saturated heterocycles. The van der Waals surface area contributed by atoms with Gasteiger partial charge < -0.3 is 14.8 Å². The Hall–Kier alpha value is -4.43. The number of thiocarbonyl (C=S) groups is 1. The van der Waals surface area contributed by atoms with Gasteiger partial charge in [0.2, 0.25) is 5.91 Å². The number of halogens is 3. The number of nitrogens with one attached hydrogen (secondary N) is 1. The van der Waals surface area contributed by atoms with Crippen molar-refractivity contribution in [2.45, 2.75) is 32.7 Å². The Morgan fingerprint density at radius 2 is 1.80 bits per heavy atom. The number of hydrogen-bond acceptors (Lipinski definition) is 7. The van der Waals surface area contributed by atoms with E-state index in [4.69, 9.17) is 17.0 Å². The molecule has 0 saturated carbocycles. The molecule has 1 amide bonds. The van der Waals surface area contributed by atoms with Crippen LogP contribution in [0.2, 0.25) is 0 Å². The van der Waals surface area contributed by atoms with Gasteiger partial charge in [-0.05, 0) is 59.6 Å². The summed E-state index contributed by atoms with van der Waals surface area (Å²) in [7, 11) is 1.58. The molecule has 0 unspecified atom stereocenters. The van der Waals surface area contributed by atoms with Crippen molar-refractivity contribution in [3.05, 3.63) is 84.2 Å². The van der Waals surface area contributed by atoms with Crippen LogP contribution < -0.4 is 19.7 Å². The van der Waals surface area contributed by atoms with Gasteiger partial charge in [-0.15, -0.1) is 18.3 Å². The lowest BCUT2D eigenvalue weighted by atomic mass is 10.00. The number of carbonyl (C=O) groups is 1. The molecule has 1 aromatic heterocycles. The number of carbonyl (C=O) groups excluding carboxylic acids is 1. The van der Waals surface area contributed by atoms with Gasteiger partial charge in [0.25, 0.3) is 0 Å². The van der Waals surface area contributed by atoms with Crippen molar-refractivity contribution in [2.75, 3.05) is 17.8 Å². The molecule has 5 rings (SSSR count). The molecular weight excluding hydrogens is 613 g/mol. The quantitative estimate of drug-likeness (QED) is 0.219. The summed E-state index contributed by atoms with van der Waals surface area (Å²) in [5.41, 5.74) is 3.94. The summed E-state index contributed by atoms with van der Waals surface area (Å²) >= 11 is 6.82. The first-order chi connectivity index (χ1) is 21.0. The molecule has 0 atom stereocenters. The van der Waals surface area contributed by atoms with E-state index in [0.717, 1.165) is 22.4 Å². The van der Waals surface area contributed by atoms with Crippen molar-refractivity contribution in [1.29, 1.82) is 0 Å². The fourth-order valence-corrected chi connectivity index (χ4v) is 5.49. The highest BCUT2D eigenvalue weighted by atomic mass is 32.2. The van der Waals surface area contributed by atoms with Crippen LogP contribution in [-0.4, -0.2) is 50.2 Å². The Labute approximate surface area is 261 Å². The van der Waals surface area contributed by atoms with Gasteiger partial charge in [0.1, 0.15) is 17.8 Å². The molecule has 1 fully saturated rings. The van der Waals surface area contributed by atoms with E-state index < -0.39 is 6.36 Å². The summed E-state index contributed by atoms with van der Waals surface area (Å²) in [6, 6.07) is 18.5. The molecule has 0 spiro atoms. The Balaban J connectivity index is 1.23. The predicted octanol–water partition coefficient (Wildman–Crippen LogP) is 6.48. The van der Waals surface area contributed by atoms with Crippen molar-refractivity contribution >= 4 is 45.9 Å². The van der Waals surface area contributed by atoms with Crippen molar-refractivity contribution in [1.82, 2.24) is 20.1 Å². The number of aromatic nitrogens is 3. The first kappa shape index (κ1) is 31.0. The molecule has 2 heterocycles. The molecular formula is C30H27F3N6O3S2. The highest BCUT2D eigenvalue weighted by Crippen LogP contribution is 2.36. The fourth-order valence-electron chi connectivity index (χ4n) is 4.41. The highest BCUT2D eigenvalue weighted by molar-refractivity contribution is 8.15. The van der Waals surface area contributed by atoms with Crippen LogP contribution >= 0.6 is 24.0 Å². The number of thioether (sulfide) groups is 1. The van der Waals surface area contributed by atoms with E-state index in [1.165, 1.54) is 47.0 Å². The third-order valence-corrected chi connectivity index (χ3v) is 7.70. The number of benzene rings is 3. The second-order valence-electron chi connectivity index (χ2n) is 9.90. The first-order valence-electron chi connectivity index (χ1n) is 13.4. The molecule has 44 heavy (non-hydrogen) atoms. The first-order valence-corrected chi connectivity index (χ1v) is 14.8. The van der Waals surface area contributed by atoms with E-state index in [1.807, 2.05) is 42.5 Å². The van der Waals surface area contributed by atoms with Crippen molar-refractivity contribution in [3.63, 3.8) is 0 Å². The van der Waals surface area contributed by atoms with Gasteiger partial charge in [-0.3, -0.25) is 9.69 Å². The molecule has 0 radical (unpaired) electrons. The molecule has 1 aliphatic rings. The zero-order valence-corrected chi connectivity index (χ0v) is 25.5. The summed E-state index contributed by atoms with van der Waals surface area (Å²) in [4.78, 5) is 23.3. The van der Waals surface area contributed by atoms with Crippen LogP contribution in [-0.2, 0) is 11.3 Å². The topological polar surface area (TPSA) is 93.9 Å². The zero-order valence-electron chi connectivity index (χ0n) is 23.8. The van der Waals surface area contributed by atoms with Gasteiger partial charge in [-0.2, -0.15) is 4.99 Å². The molecule has 3 aromatic carbocycles. The lowest BCUT2D eigenvalue weighted by molar-refractivity contribution is -0.274. The molecule has 228 valence electrons. The van der Waals surface area contributed by atoms with Crippen LogP contribution in [0.25, 0.3) is 17.1 Å². The highest BCUT2D eigenvalue weighted by Gasteiger charge is 2.33. The minimum atomic E-state index is -4.76. The predicted molar refractivity (Wildman–Crippen MR) is 167 cm³/mol. The van der Waals surface area contributed by atoms with Gasteiger partial charge in [0.05, 0.1) is 24.2 Å². The van der Waals surface area contributed by atoms with Gasteiger partial charge in [0, 0.05) is 18.2 Å². The van der Waals surface area contributed by atoms with Crippen LogP contribution in [0.1, 0.15) is 30.9 Å². The maximum absolute atomic E-state index is 12.9. The Morgan fingerprint density at radius 3 is 2.45 bits per heavy atom. The minimum Gasteiger partial charge on any atom is -0.497 e. The number of amides is 1. The van der Waals surface area contributed by atoms with Crippen molar-refractivity contribution in [2.24, 2.45) is 4.99 Å². The number of aliphatic imine (C=N–C) groups is 1. The molecule has 4 aromatic rings. The summed E-state index contributed by atoms with van der Waals surface area (Å²) < 4.78 is 48.0. The average molecular weight is 641 g/mol. The van der Waals surface area contributed by atoms with E-state index in [-0.39, 0.29) is 28.4 Å². The number of hydrogen-bond donors (Lipinski definition) is 1. The van der Waals surface area contributed by atoms with Crippen LogP contribution in [0.15, 0.2) is 78.0 Å². The summed E-state index contributed by atoms with van der Waals surface area (Å²) in [5, 5.41) is 8.31. The zero-order chi connectivity index (χ0) is 31.4. The number of ether oxygens (including phenoxy) is 2. The standard InChI is InChI=1S/C30H27F3N6O3S2/c1-18(2)24-13-12-23(41-3)14-25(24)39-26(40)16-44-29(39)36-28(43)34-15-19-4-6-20(7-5-19)27-35-17-38(37-27)21-8-10-22(11-9-21)42-30(31,32)33/h4-14,17-18H,15-16H2,1-3H3,(H,34,43)/b36-29-. The third kappa shape index (κ3) is 7.37. The normalized spacial score (nSPS) is 14.4. The van der Waals surface area contributed by atoms with Gasteiger partial charge >= 0.3 is 6.36 Å². The molecule has 0 aliphatic carbocycles. The van der Waals surface area contributed by atoms with Crippen LogP contribution in [0.4, 0.5) is 18.9 Å². The van der Waals surface area contributed by atoms with E-state index in [0.29, 0.717) is 29.0 Å². The third-order valence-electron chi connectivity index (χ3n) is 6.55. The molecule has 0 bridgehead atoms. The lowest BCUT2D eigenvalue weighted by Gasteiger charge is -2.22. The van der Waals surface area contributed by atoms with E-state index in [9.17, 15) is 18.0 Å². The van der Waals surface area contributed by atoms with Gasteiger partial charge in [0.15, 0.2) is 16.1 Å². The second kappa shape index (κ2) is 13.1. The molecule has 1 aliphatic heterocycles. The monoisotopic (exact) mass is 640 g/mol. The van der Waals surface area contributed by atoms with Crippen LogP contribution in [0.5, 0.6) is 11.5 Å². The van der Waals surface area contributed by atoms with Gasteiger partial charge in [-0.25, -0.2) is 9.67 Å². The Bertz CT molecular complexity index is 1690. The summed E-state index contributed by atoms with van der Waals surface area (Å²) in [6.45, 7) is 4.53. The number of alkyl halides is 3.